The lowest BCUT2D eigenvalue weighted by Gasteiger charge is -2.31. The van der Waals surface area contributed by atoms with Gasteiger partial charge in [0.15, 0.2) is 0 Å². The van der Waals surface area contributed by atoms with E-state index in [1.165, 1.54) is 5.01 Å². The van der Waals surface area contributed by atoms with Gasteiger partial charge in [0, 0.05) is 43.2 Å². The molecule has 204 valence electrons. The Kier molecular flexibility index (Phi) is 8.93. The van der Waals surface area contributed by atoms with Gasteiger partial charge in [0.05, 0.1) is 37.0 Å². The predicted molar refractivity (Wildman–Crippen MR) is 153 cm³/mol. The number of rotatable bonds is 9. The van der Waals surface area contributed by atoms with Crippen molar-refractivity contribution in [1.29, 1.82) is 0 Å². The first kappa shape index (κ1) is 27.3. The molecule has 1 atom stereocenters. The minimum Gasteiger partial charge on any atom is -0.497 e. The first-order chi connectivity index (χ1) is 19.0. The van der Waals surface area contributed by atoms with Gasteiger partial charge in [-0.2, -0.15) is 5.10 Å². The lowest BCUT2D eigenvalue weighted by atomic mass is 10.0. The zero-order valence-electron chi connectivity index (χ0n) is 21.8. The number of halogens is 1. The van der Waals surface area contributed by atoms with Gasteiger partial charge in [-0.05, 0) is 47.3 Å². The number of nitrogens with zero attached hydrogens (tertiary/aromatic N) is 4. The Balaban J connectivity index is 1.40. The molecular formula is C29H31ClN4O4S. The van der Waals surface area contributed by atoms with Crippen LogP contribution in [-0.4, -0.2) is 85.4 Å². The molecule has 0 radical (unpaired) electrons. The summed E-state index contributed by atoms with van der Waals surface area (Å²) in [4.78, 5) is 32.4. The maximum absolute atomic E-state index is 13.9. The fourth-order valence-electron chi connectivity index (χ4n) is 4.81. The second-order valence-corrected chi connectivity index (χ2v) is 10.8. The number of hydrogen-bond donors (Lipinski definition) is 0. The highest BCUT2D eigenvalue weighted by atomic mass is 35.5. The van der Waals surface area contributed by atoms with Crippen LogP contribution >= 0.6 is 22.9 Å². The molecule has 10 heteroatoms. The van der Waals surface area contributed by atoms with Crippen molar-refractivity contribution in [2.24, 2.45) is 5.10 Å². The van der Waals surface area contributed by atoms with Crippen LogP contribution < -0.4 is 4.74 Å². The van der Waals surface area contributed by atoms with Crippen LogP contribution in [0.3, 0.4) is 0 Å². The number of amides is 2. The average molecular weight is 567 g/mol. The van der Waals surface area contributed by atoms with Crippen LogP contribution in [-0.2, 0) is 9.53 Å². The van der Waals surface area contributed by atoms with Crippen molar-refractivity contribution in [3.63, 3.8) is 0 Å². The van der Waals surface area contributed by atoms with Crippen molar-refractivity contribution < 1.29 is 19.1 Å². The normalized spacial score (nSPS) is 17.6. The van der Waals surface area contributed by atoms with Gasteiger partial charge in [-0.25, -0.2) is 5.01 Å². The summed E-state index contributed by atoms with van der Waals surface area (Å²) in [5.41, 5.74) is 2.17. The van der Waals surface area contributed by atoms with Crippen molar-refractivity contribution in [3.05, 3.63) is 87.1 Å². The molecule has 1 aromatic heterocycles. The van der Waals surface area contributed by atoms with E-state index in [-0.39, 0.29) is 24.4 Å². The number of hydrazone groups is 1. The molecule has 8 nitrogen and oxygen atoms in total. The van der Waals surface area contributed by atoms with Gasteiger partial charge in [-0.1, -0.05) is 35.9 Å². The summed E-state index contributed by atoms with van der Waals surface area (Å²) in [6.45, 7) is 3.88. The fourth-order valence-corrected chi connectivity index (χ4v) is 5.79. The monoisotopic (exact) mass is 566 g/mol. The zero-order valence-corrected chi connectivity index (χ0v) is 23.4. The van der Waals surface area contributed by atoms with Crippen LogP contribution in [0.4, 0.5) is 0 Å². The van der Waals surface area contributed by atoms with Gasteiger partial charge < -0.3 is 14.4 Å². The van der Waals surface area contributed by atoms with E-state index in [1.807, 2.05) is 41.8 Å². The molecule has 0 spiro atoms. The first-order valence-corrected chi connectivity index (χ1v) is 14.2. The molecule has 3 heterocycles. The second-order valence-electron chi connectivity index (χ2n) is 9.41. The summed E-state index contributed by atoms with van der Waals surface area (Å²) in [6.07, 6.45) is 0.552. The highest BCUT2D eigenvalue weighted by Gasteiger charge is 2.36. The molecule has 2 aliphatic rings. The van der Waals surface area contributed by atoms with Crippen LogP contribution in [0.25, 0.3) is 0 Å². The van der Waals surface area contributed by atoms with Gasteiger partial charge in [0.25, 0.3) is 11.8 Å². The summed E-state index contributed by atoms with van der Waals surface area (Å²) < 4.78 is 10.7. The highest BCUT2D eigenvalue weighted by molar-refractivity contribution is 7.12. The molecule has 1 unspecified atom stereocenters. The first-order valence-electron chi connectivity index (χ1n) is 12.9. The number of ether oxygens (including phenoxy) is 2. The Hall–Kier alpha value is -3.24. The number of carbonyl (C=O) groups excluding carboxylic acids is 2. The van der Waals surface area contributed by atoms with Crippen LogP contribution in [0.15, 0.2) is 71.1 Å². The Bertz CT molecular complexity index is 1310. The highest BCUT2D eigenvalue weighted by Crippen LogP contribution is 2.37. The maximum Gasteiger partial charge on any atom is 0.262 e. The summed E-state index contributed by atoms with van der Waals surface area (Å²) in [7, 11) is 1.58. The van der Waals surface area contributed by atoms with Crippen molar-refractivity contribution in [1.82, 2.24) is 14.8 Å². The van der Waals surface area contributed by atoms with Gasteiger partial charge >= 0.3 is 0 Å². The van der Waals surface area contributed by atoms with Crippen LogP contribution in [0.1, 0.15) is 33.3 Å². The van der Waals surface area contributed by atoms with E-state index < -0.39 is 0 Å². The van der Waals surface area contributed by atoms with Crippen LogP contribution in [0, 0.1) is 0 Å². The van der Waals surface area contributed by atoms with E-state index in [0.29, 0.717) is 49.1 Å². The summed E-state index contributed by atoms with van der Waals surface area (Å²) in [5.74, 6) is 0.197. The minimum absolute atomic E-state index is 0.0998. The molecule has 1 saturated heterocycles. The second kappa shape index (κ2) is 12.7. The topological polar surface area (TPSA) is 74.7 Å². The molecule has 3 aromatic rings. The number of benzene rings is 2. The lowest BCUT2D eigenvalue weighted by Crippen LogP contribution is -2.46. The molecule has 0 saturated carbocycles. The molecule has 0 N–H and O–H groups in total. The summed E-state index contributed by atoms with van der Waals surface area (Å²) in [6, 6.07) is 18.1. The Morgan fingerprint density at radius 3 is 2.56 bits per heavy atom. The van der Waals surface area contributed by atoms with E-state index in [2.05, 4.69) is 4.90 Å². The molecule has 39 heavy (non-hydrogen) atoms. The quantitative estimate of drug-likeness (QED) is 0.379. The van der Waals surface area contributed by atoms with E-state index >= 15 is 0 Å². The number of thiophene rings is 1. The SMILES string of the molecule is COc1ccc(C(=O)N(CCN2CCOCC2)CC(=O)N2N=C(c3cccs3)CC2c2ccccc2Cl)cc1. The Morgan fingerprint density at radius 2 is 1.87 bits per heavy atom. The molecular weight excluding hydrogens is 536 g/mol. The van der Waals surface area contributed by atoms with Crippen molar-refractivity contribution >= 4 is 40.5 Å². The average Bonchev–Trinajstić information content (AvgIpc) is 3.66. The minimum atomic E-state index is -0.347. The van der Waals surface area contributed by atoms with E-state index in [4.69, 9.17) is 26.2 Å². The van der Waals surface area contributed by atoms with Gasteiger partial charge in [0.2, 0.25) is 0 Å². The summed E-state index contributed by atoms with van der Waals surface area (Å²) in [5, 5.41) is 8.85. The van der Waals surface area contributed by atoms with E-state index in [1.54, 1.807) is 47.6 Å². The molecule has 2 aromatic carbocycles. The number of hydrogen-bond acceptors (Lipinski definition) is 7. The van der Waals surface area contributed by atoms with Crippen molar-refractivity contribution in [2.45, 2.75) is 12.5 Å². The maximum atomic E-state index is 13.9. The van der Waals surface area contributed by atoms with Crippen LogP contribution in [0.2, 0.25) is 5.02 Å². The molecule has 0 aliphatic carbocycles. The predicted octanol–water partition coefficient (Wildman–Crippen LogP) is 4.56. The fraction of sp³-hybridized carbons (Fsp3) is 0.345. The molecule has 1 fully saturated rings. The largest absolute Gasteiger partial charge is 0.497 e. The third-order valence-electron chi connectivity index (χ3n) is 6.98. The zero-order chi connectivity index (χ0) is 27.2. The standard InChI is InChI=1S/C29H31ClN4O4S/c1-37-22-10-8-21(9-11-22)29(36)33(13-12-32-14-16-38-17-15-32)20-28(35)34-26(23-5-2-3-6-24(23)30)19-25(31-34)27-7-4-18-39-27/h2-11,18,26H,12-17,19-20H2,1H3. The van der Waals surface area contributed by atoms with Crippen molar-refractivity contribution in [2.75, 3.05) is 53.0 Å². The number of methoxy groups -OCH3 is 1. The third-order valence-corrected chi connectivity index (χ3v) is 8.24. The van der Waals surface area contributed by atoms with Gasteiger partial charge in [-0.3, -0.25) is 14.5 Å². The summed E-state index contributed by atoms with van der Waals surface area (Å²) >= 11 is 8.15. The van der Waals surface area contributed by atoms with E-state index in [9.17, 15) is 9.59 Å². The Labute approximate surface area is 237 Å². The van der Waals surface area contributed by atoms with Crippen LogP contribution in [0.5, 0.6) is 5.75 Å². The third kappa shape index (κ3) is 6.50. The molecule has 0 bridgehead atoms. The lowest BCUT2D eigenvalue weighted by molar-refractivity contribution is -0.133. The molecule has 2 aliphatic heterocycles. The van der Waals surface area contributed by atoms with Gasteiger partial charge in [0.1, 0.15) is 12.3 Å². The van der Waals surface area contributed by atoms with E-state index in [0.717, 1.165) is 29.2 Å². The smallest absolute Gasteiger partial charge is 0.262 e. The van der Waals surface area contributed by atoms with Crippen molar-refractivity contribution in [3.8, 4) is 5.75 Å². The number of carbonyl (C=O) groups is 2. The van der Waals surface area contributed by atoms with Gasteiger partial charge in [-0.15, -0.1) is 11.3 Å². The Morgan fingerprint density at radius 1 is 1.10 bits per heavy atom. The number of morpholine rings is 1. The molecule has 5 rings (SSSR count). The molecule has 2 amide bonds.